The van der Waals surface area contributed by atoms with Gasteiger partial charge in [0.05, 0.1) is 12.0 Å². The van der Waals surface area contributed by atoms with Crippen LogP contribution in [0, 0.1) is 13.8 Å². The van der Waals surface area contributed by atoms with Crippen molar-refractivity contribution in [3.63, 3.8) is 0 Å². The number of aryl methyl sites for hydroxylation is 2. The highest BCUT2D eigenvalue weighted by Gasteiger charge is 2.25. The second-order valence-corrected chi connectivity index (χ2v) is 3.55. The Hall–Kier alpha value is -1.64. The van der Waals surface area contributed by atoms with E-state index < -0.39 is 11.9 Å². The first-order valence-corrected chi connectivity index (χ1v) is 4.43. The van der Waals surface area contributed by atoms with E-state index in [1.54, 1.807) is 6.07 Å². The molecule has 0 radical (unpaired) electrons. The summed E-state index contributed by atoms with van der Waals surface area (Å²) in [6, 6.07) is 3.72. The predicted octanol–water partition coefficient (Wildman–Crippen LogP) is 1.54. The number of hydrogen-bond acceptors (Lipinski definition) is 3. The van der Waals surface area contributed by atoms with Gasteiger partial charge in [0.2, 0.25) is 0 Å². The molecule has 72 valence electrons. The van der Waals surface area contributed by atoms with Gasteiger partial charge in [0.1, 0.15) is 0 Å². The molecule has 0 unspecified atom stereocenters. The topological polar surface area (TPSA) is 43.4 Å². The lowest BCUT2D eigenvalue weighted by Crippen LogP contribution is -2.23. The zero-order valence-electron chi connectivity index (χ0n) is 8.09. The first-order chi connectivity index (χ1) is 6.58. The van der Waals surface area contributed by atoms with Gasteiger partial charge in [-0.25, -0.2) is 4.79 Å². The van der Waals surface area contributed by atoms with Gasteiger partial charge in [0, 0.05) is 0 Å². The van der Waals surface area contributed by atoms with E-state index in [9.17, 15) is 9.59 Å². The molecule has 0 saturated heterocycles. The van der Waals surface area contributed by atoms with E-state index in [1.807, 2.05) is 19.9 Å². The van der Waals surface area contributed by atoms with Crippen LogP contribution >= 0.6 is 0 Å². The highest BCUT2D eigenvalue weighted by molar-refractivity contribution is 6.02. The molecule has 1 aromatic rings. The van der Waals surface area contributed by atoms with Gasteiger partial charge in [-0.05, 0) is 36.6 Å². The molecule has 0 amide bonds. The summed E-state index contributed by atoms with van der Waals surface area (Å²) in [5.41, 5.74) is 3.32. The lowest BCUT2D eigenvalue weighted by Gasteiger charge is -2.16. The quantitative estimate of drug-likeness (QED) is 0.460. The van der Waals surface area contributed by atoms with E-state index in [0.29, 0.717) is 5.56 Å². The molecule has 0 aliphatic carbocycles. The Morgan fingerprint density at radius 2 is 1.93 bits per heavy atom. The maximum Gasteiger partial charge on any atom is 0.346 e. The summed E-state index contributed by atoms with van der Waals surface area (Å²) in [5.74, 6) is -0.988. The van der Waals surface area contributed by atoms with Crippen LogP contribution in [0.15, 0.2) is 12.1 Å². The highest BCUT2D eigenvalue weighted by atomic mass is 16.6. The average molecular weight is 190 g/mol. The summed E-state index contributed by atoms with van der Waals surface area (Å²) in [5, 5.41) is 0. The van der Waals surface area contributed by atoms with E-state index in [2.05, 4.69) is 4.74 Å². The first-order valence-electron chi connectivity index (χ1n) is 4.43. The fourth-order valence-electron chi connectivity index (χ4n) is 1.75. The Morgan fingerprint density at radius 1 is 1.21 bits per heavy atom. The maximum atomic E-state index is 11.4. The largest absolute Gasteiger partial charge is 0.389 e. The molecule has 3 nitrogen and oxygen atoms in total. The monoisotopic (exact) mass is 190 g/mol. The molecule has 0 bridgehead atoms. The minimum absolute atomic E-state index is 0.202. The van der Waals surface area contributed by atoms with Crippen molar-refractivity contribution < 1.29 is 14.3 Å². The summed E-state index contributed by atoms with van der Waals surface area (Å²) in [6.07, 6.45) is 0.202. The summed E-state index contributed by atoms with van der Waals surface area (Å²) < 4.78 is 4.54. The third-order valence-corrected chi connectivity index (χ3v) is 2.36. The standard InChI is InChI=1S/C11H10O3/c1-6-3-7(2)8-5-10(12)14-11(13)9(8)4-6/h3-4H,5H2,1-2H3. The van der Waals surface area contributed by atoms with E-state index in [0.717, 1.165) is 16.7 Å². The molecular formula is C11H10O3. The number of carbonyl (C=O) groups is 2. The third kappa shape index (κ3) is 1.31. The van der Waals surface area contributed by atoms with Crippen LogP contribution in [0.2, 0.25) is 0 Å². The SMILES string of the molecule is Cc1cc(C)c2c(c1)C(=O)OC(=O)C2. The van der Waals surface area contributed by atoms with Crippen LogP contribution in [0.1, 0.15) is 27.0 Å². The van der Waals surface area contributed by atoms with Crippen molar-refractivity contribution in [1.29, 1.82) is 0 Å². The molecule has 1 aromatic carbocycles. The molecule has 1 aliphatic rings. The Kier molecular flexibility index (Phi) is 1.88. The minimum atomic E-state index is -0.525. The zero-order valence-corrected chi connectivity index (χ0v) is 8.09. The Bertz CT molecular complexity index is 432. The van der Waals surface area contributed by atoms with Gasteiger partial charge >= 0.3 is 11.9 Å². The minimum Gasteiger partial charge on any atom is -0.389 e. The van der Waals surface area contributed by atoms with Gasteiger partial charge in [-0.2, -0.15) is 0 Å². The normalized spacial score (nSPS) is 15.0. The molecule has 1 aliphatic heterocycles. The van der Waals surface area contributed by atoms with E-state index >= 15 is 0 Å². The van der Waals surface area contributed by atoms with Crippen molar-refractivity contribution in [3.05, 3.63) is 34.4 Å². The van der Waals surface area contributed by atoms with Gasteiger partial charge in [-0.3, -0.25) is 4.79 Å². The van der Waals surface area contributed by atoms with Crippen molar-refractivity contribution in [3.8, 4) is 0 Å². The second kappa shape index (κ2) is 2.94. The van der Waals surface area contributed by atoms with E-state index in [4.69, 9.17) is 0 Å². The van der Waals surface area contributed by atoms with Crippen LogP contribution in [-0.4, -0.2) is 11.9 Å². The number of esters is 2. The number of benzene rings is 1. The first kappa shape index (κ1) is 8.94. The maximum absolute atomic E-state index is 11.4. The van der Waals surface area contributed by atoms with Crippen LogP contribution < -0.4 is 0 Å². The number of carbonyl (C=O) groups excluding carboxylic acids is 2. The fourth-order valence-corrected chi connectivity index (χ4v) is 1.75. The number of fused-ring (bicyclic) bond motifs is 1. The van der Waals surface area contributed by atoms with Crippen molar-refractivity contribution in [2.75, 3.05) is 0 Å². The smallest absolute Gasteiger partial charge is 0.346 e. The fraction of sp³-hybridized carbons (Fsp3) is 0.273. The van der Waals surface area contributed by atoms with Crippen LogP contribution in [0.25, 0.3) is 0 Å². The third-order valence-electron chi connectivity index (χ3n) is 2.36. The molecule has 14 heavy (non-hydrogen) atoms. The molecule has 0 fully saturated rings. The van der Waals surface area contributed by atoms with Gasteiger partial charge in [-0.15, -0.1) is 0 Å². The summed E-state index contributed by atoms with van der Waals surface area (Å²) in [6.45, 7) is 3.81. The van der Waals surface area contributed by atoms with Crippen molar-refractivity contribution in [2.24, 2.45) is 0 Å². The Balaban J connectivity index is 2.64. The average Bonchev–Trinajstić information content (AvgIpc) is 2.07. The van der Waals surface area contributed by atoms with Crippen molar-refractivity contribution in [2.45, 2.75) is 20.3 Å². The predicted molar refractivity (Wildman–Crippen MR) is 50.0 cm³/mol. The van der Waals surface area contributed by atoms with Gasteiger partial charge in [0.25, 0.3) is 0 Å². The van der Waals surface area contributed by atoms with Crippen LogP contribution in [-0.2, 0) is 16.0 Å². The number of ether oxygens (including phenoxy) is 1. The van der Waals surface area contributed by atoms with Gasteiger partial charge in [0.15, 0.2) is 0 Å². The number of rotatable bonds is 0. The summed E-state index contributed by atoms with van der Waals surface area (Å²) >= 11 is 0. The molecule has 0 N–H and O–H groups in total. The summed E-state index contributed by atoms with van der Waals surface area (Å²) in [4.78, 5) is 22.4. The second-order valence-electron chi connectivity index (χ2n) is 3.55. The van der Waals surface area contributed by atoms with E-state index in [1.165, 1.54) is 0 Å². The molecule has 0 atom stereocenters. The van der Waals surface area contributed by atoms with Crippen LogP contribution in [0.4, 0.5) is 0 Å². The Morgan fingerprint density at radius 3 is 2.64 bits per heavy atom. The van der Waals surface area contributed by atoms with Crippen molar-refractivity contribution >= 4 is 11.9 Å². The lowest BCUT2D eigenvalue weighted by molar-refractivity contribution is -0.137. The molecule has 0 spiro atoms. The van der Waals surface area contributed by atoms with Crippen LogP contribution in [0.3, 0.4) is 0 Å². The highest BCUT2D eigenvalue weighted by Crippen LogP contribution is 2.22. The molecule has 0 saturated carbocycles. The Labute approximate surface area is 81.7 Å². The molecule has 1 heterocycles. The summed E-state index contributed by atoms with van der Waals surface area (Å²) in [7, 11) is 0. The van der Waals surface area contributed by atoms with E-state index in [-0.39, 0.29) is 6.42 Å². The zero-order chi connectivity index (χ0) is 10.3. The van der Waals surface area contributed by atoms with Gasteiger partial charge in [-0.1, -0.05) is 6.07 Å². The molecule has 2 rings (SSSR count). The molecular weight excluding hydrogens is 180 g/mol. The lowest BCUT2D eigenvalue weighted by atomic mass is 9.95. The number of hydrogen-bond donors (Lipinski definition) is 0. The van der Waals surface area contributed by atoms with Crippen molar-refractivity contribution in [1.82, 2.24) is 0 Å². The van der Waals surface area contributed by atoms with Crippen LogP contribution in [0.5, 0.6) is 0 Å². The molecule has 0 aromatic heterocycles. The molecule has 3 heteroatoms. The number of cyclic esters (lactones) is 2. The van der Waals surface area contributed by atoms with Gasteiger partial charge < -0.3 is 4.74 Å².